The summed E-state index contributed by atoms with van der Waals surface area (Å²) < 4.78 is 43.1. The number of rotatable bonds is 6. The maximum atomic E-state index is 13.1. The third-order valence-corrected chi connectivity index (χ3v) is 4.55. The van der Waals surface area contributed by atoms with Crippen LogP contribution in [-0.4, -0.2) is 38.9 Å². The fourth-order valence-corrected chi connectivity index (χ4v) is 3.02. The standard InChI is InChI=1S/C12H16FNO4S/c1-3-14(8-7-12(15)18-2)19(16,17)11-6-4-5-10(13)9-11/h4-6,9H,3,7-8H2,1-2H3. The van der Waals surface area contributed by atoms with Crippen LogP contribution in [-0.2, 0) is 19.6 Å². The minimum Gasteiger partial charge on any atom is -0.469 e. The molecular formula is C12H16FNO4S. The molecule has 19 heavy (non-hydrogen) atoms. The number of methoxy groups -OCH3 is 1. The first-order chi connectivity index (χ1) is 8.91. The van der Waals surface area contributed by atoms with Crippen LogP contribution >= 0.6 is 0 Å². The van der Waals surface area contributed by atoms with Crippen molar-refractivity contribution in [1.82, 2.24) is 4.31 Å². The number of hydrogen-bond donors (Lipinski definition) is 0. The van der Waals surface area contributed by atoms with Gasteiger partial charge in [0.25, 0.3) is 0 Å². The Hall–Kier alpha value is -1.47. The molecule has 0 amide bonds. The first-order valence-electron chi connectivity index (χ1n) is 5.74. The maximum absolute atomic E-state index is 13.1. The van der Waals surface area contributed by atoms with Crippen molar-refractivity contribution in [2.75, 3.05) is 20.2 Å². The van der Waals surface area contributed by atoms with E-state index in [0.717, 1.165) is 10.4 Å². The summed E-state index contributed by atoms with van der Waals surface area (Å²) in [6.07, 6.45) is -0.0428. The molecule has 0 aliphatic heterocycles. The van der Waals surface area contributed by atoms with E-state index >= 15 is 0 Å². The van der Waals surface area contributed by atoms with Crippen molar-refractivity contribution in [3.63, 3.8) is 0 Å². The van der Waals surface area contributed by atoms with Crippen molar-refractivity contribution in [3.8, 4) is 0 Å². The molecule has 0 aromatic heterocycles. The van der Waals surface area contributed by atoms with Crippen LogP contribution in [0.4, 0.5) is 4.39 Å². The first-order valence-corrected chi connectivity index (χ1v) is 7.18. The van der Waals surface area contributed by atoms with Crippen molar-refractivity contribution in [2.24, 2.45) is 0 Å². The van der Waals surface area contributed by atoms with E-state index in [4.69, 9.17) is 0 Å². The molecule has 0 bridgehead atoms. The molecule has 0 spiro atoms. The zero-order valence-electron chi connectivity index (χ0n) is 10.8. The molecule has 1 rings (SSSR count). The first kappa shape index (κ1) is 15.6. The van der Waals surface area contributed by atoms with Gasteiger partial charge in [0.05, 0.1) is 18.4 Å². The Morgan fingerprint density at radius 1 is 1.42 bits per heavy atom. The highest BCUT2D eigenvalue weighted by molar-refractivity contribution is 7.89. The topological polar surface area (TPSA) is 63.7 Å². The average molecular weight is 289 g/mol. The van der Waals surface area contributed by atoms with Gasteiger partial charge in [-0.05, 0) is 18.2 Å². The smallest absolute Gasteiger partial charge is 0.306 e. The summed E-state index contributed by atoms with van der Waals surface area (Å²) in [7, 11) is -2.56. The third kappa shape index (κ3) is 4.00. The number of ether oxygens (including phenoxy) is 1. The second-order valence-corrected chi connectivity index (χ2v) is 5.72. The highest BCUT2D eigenvalue weighted by Crippen LogP contribution is 2.16. The fourth-order valence-electron chi connectivity index (χ4n) is 1.54. The molecule has 5 nitrogen and oxygen atoms in total. The van der Waals surface area contributed by atoms with Gasteiger partial charge in [0.15, 0.2) is 0 Å². The number of carbonyl (C=O) groups is 1. The van der Waals surface area contributed by atoms with Gasteiger partial charge in [-0.2, -0.15) is 4.31 Å². The van der Waals surface area contributed by atoms with Crippen LogP contribution in [0, 0.1) is 5.82 Å². The predicted molar refractivity (Wildman–Crippen MR) is 67.5 cm³/mol. The summed E-state index contributed by atoms with van der Waals surface area (Å²) in [4.78, 5) is 10.9. The van der Waals surface area contributed by atoms with Gasteiger partial charge in [-0.25, -0.2) is 12.8 Å². The van der Waals surface area contributed by atoms with Gasteiger partial charge in [0, 0.05) is 13.1 Å². The minimum atomic E-state index is -3.79. The van der Waals surface area contributed by atoms with Crippen LogP contribution in [0.25, 0.3) is 0 Å². The van der Waals surface area contributed by atoms with Crippen molar-refractivity contribution < 1.29 is 22.3 Å². The van der Waals surface area contributed by atoms with Crippen molar-refractivity contribution in [1.29, 1.82) is 0 Å². The van der Waals surface area contributed by atoms with Gasteiger partial charge >= 0.3 is 5.97 Å². The van der Waals surface area contributed by atoms with Crippen LogP contribution in [0.3, 0.4) is 0 Å². The number of benzene rings is 1. The highest BCUT2D eigenvalue weighted by atomic mass is 32.2. The van der Waals surface area contributed by atoms with Gasteiger partial charge in [-0.3, -0.25) is 4.79 Å². The van der Waals surface area contributed by atoms with E-state index in [1.807, 2.05) is 0 Å². The summed E-state index contributed by atoms with van der Waals surface area (Å²) >= 11 is 0. The number of sulfonamides is 1. The lowest BCUT2D eigenvalue weighted by Gasteiger charge is -2.19. The van der Waals surface area contributed by atoms with Crippen LogP contribution in [0.15, 0.2) is 29.2 Å². The molecule has 0 aliphatic rings. The Morgan fingerprint density at radius 2 is 2.11 bits per heavy atom. The van der Waals surface area contributed by atoms with Crippen LogP contribution in [0.5, 0.6) is 0 Å². The van der Waals surface area contributed by atoms with E-state index in [1.165, 1.54) is 25.3 Å². The van der Waals surface area contributed by atoms with Gasteiger partial charge in [-0.15, -0.1) is 0 Å². The highest BCUT2D eigenvalue weighted by Gasteiger charge is 2.23. The van der Waals surface area contributed by atoms with E-state index in [0.29, 0.717) is 0 Å². The van der Waals surface area contributed by atoms with Crippen LogP contribution < -0.4 is 0 Å². The molecule has 0 saturated heterocycles. The number of carbonyl (C=O) groups excluding carboxylic acids is 1. The quantitative estimate of drug-likeness (QED) is 0.743. The maximum Gasteiger partial charge on any atom is 0.306 e. The molecule has 1 aromatic rings. The monoisotopic (exact) mass is 289 g/mol. The lowest BCUT2D eigenvalue weighted by atomic mass is 10.4. The van der Waals surface area contributed by atoms with Crippen molar-refractivity contribution >= 4 is 16.0 Å². The predicted octanol–water partition coefficient (Wildman–Crippen LogP) is 1.40. The Kier molecular flexibility index (Phi) is 5.44. The molecule has 0 saturated carbocycles. The van der Waals surface area contributed by atoms with Crippen LogP contribution in [0.1, 0.15) is 13.3 Å². The fraction of sp³-hybridized carbons (Fsp3) is 0.417. The Labute approximate surface area is 112 Å². The third-order valence-electron chi connectivity index (χ3n) is 2.58. The molecule has 106 valence electrons. The summed E-state index contributed by atoms with van der Waals surface area (Å²) in [5.41, 5.74) is 0. The van der Waals surface area contributed by atoms with E-state index in [2.05, 4.69) is 4.74 Å². The van der Waals surface area contributed by atoms with Crippen molar-refractivity contribution in [2.45, 2.75) is 18.2 Å². The Morgan fingerprint density at radius 3 is 2.63 bits per heavy atom. The molecule has 7 heteroatoms. The van der Waals surface area contributed by atoms with Gasteiger partial charge in [0.1, 0.15) is 5.82 Å². The zero-order valence-corrected chi connectivity index (χ0v) is 11.6. The molecule has 1 aromatic carbocycles. The summed E-state index contributed by atoms with van der Waals surface area (Å²) in [6.45, 7) is 1.84. The number of nitrogens with zero attached hydrogens (tertiary/aromatic N) is 1. The number of esters is 1. The lowest BCUT2D eigenvalue weighted by molar-refractivity contribution is -0.140. The largest absolute Gasteiger partial charge is 0.469 e. The second-order valence-electron chi connectivity index (χ2n) is 3.78. The lowest BCUT2D eigenvalue weighted by Crippen LogP contribution is -2.33. The van der Waals surface area contributed by atoms with E-state index in [1.54, 1.807) is 6.92 Å². The minimum absolute atomic E-state index is 0.00200. The average Bonchev–Trinajstić information content (AvgIpc) is 2.38. The van der Waals surface area contributed by atoms with E-state index in [9.17, 15) is 17.6 Å². The molecule has 0 N–H and O–H groups in total. The normalized spacial score (nSPS) is 11.6. The molecule has 0 radical (unpaired) electrons. The summed E-state index contributed by atoms with van der Waals surface area (Å²) in [5.74, 6) is -1.11. The van der Waals surface area contributed by atoms with Gasteiger partial charge in [-0.1, -0.05) is 13.0 Å². The van der Waals surface area contributed by atoms with Gasteiger partial charge < -0.3 is 4.74 Å². The number of halogens is 1. The number of hydrogen-bond acceptors (Lipinski definition) is 4. The zero-order chi connectivity index (χ0) is 14.5. The summed E-state index contributed by atoms with van der Waals surface area (Å²) in [6, 6.07) is 4.77. The van der Waals surface area contributed by atoms with E-state index < -0.39 is 21.8 Å². The Balaban J connectivity index is 2.93. The second kappa shape index (κ2) is 6.63. The molecule has 0 unspecified atom stereocenters. The van der Waals surface area contributed by atoms with Crippen LogP contribution in [0.2, 0.25) is 0 Å². The molecular weight excluding hydrogens is 273 g/mol. The Bertz CT molecular complexity index is 544. The van der Waals surface area contributed by atoms with Crippen molar-refractivity contribution in [3.05, 3.63) is 30.1 Å². The molecule has 0 heterocycles. The van der Waals surface area contributed by atoms with Gasteiger partial charge in [0.2, 0.25) is 10.0 Å². The van der Waals surface area contributed by atoms with E-state index in [-0.39, 0.29) is 24.4 Å². The molecule has 0 aliphatic carbocycles. The molecule has 0 atom stereocenters. The molecule has 0 fully saturated rings. The SMILES string of the molecule is CCN(CCC(=O)OC)S(=O)(=O)c1cccc(F)c1. The summed E-state index contributed by atoms with van der Waals surface area (Å²) in [5, 5.41) is 0.